The summed E-state index contributed by atoms with van der Waals surface area (Å²) in [5.74, 6) is 0.0872. The lowest BCUT2D eigenvalue weighted by Gasteiger charge is -2.12. The molecule has 4 aromatic rings. The van der Waals surface area contributed by atoms with Crippen LogP contribution in [0.3, 0.4) is 0 Å². The van der Waals surface area contributed by atoms with Crippen LogP contribution in [0, 0.1) is 0 Å². The average Bonchev–Trinajstić information content (AvgIpc) is 3.24. The molecule has 0 fully saturated rings. The summed E-state index contributed by atoms with van der Waals surface area (Å²) in [6, 6.07) is 11.9. The lowest BCUT2D eigenvalue weighted by Crippen LogP contribution is -2.15. The predicted molar refractivity (Wildman–Crippen MR) is 114 cm³/mol. The molecule has 0 aliphatic carbocycles. The molecule has 28 heavy (non-hydrogen) atoms. The number of benzene rings is 2. The number of fused-ring (bicyclic) bond motifs is 2. The summed E-state index contributed by atoms with van der Waals surface area (Å²) in [6.07, 6.45) is 1.48. The van der Waals surface area contributed by atoms with Crippen molar-refractivity contribution in [2.24, 2.45) is 0 Å². The average molecular weight is 433 g/mol. The van der Waals surface area contributed by atoms with E-state index in [2.05, 4.69) is 11.6 Å². The first-order valence-electron chi connectivity index (χ1n) is 8.62. The maximum absolute atomic E-state index is 13.5. The molecule has 0 aliphatic rings. The topological polar surface area (TPSA) is 72.2 Å². The fourth-order valence-corrected chi connectivity index (χ4v) is 5.82. The van der Waals surface area contributed by atoms with Crippen molar-refractivity contribution in [1.29, 1.82) is 0 Å². The first-order valence-corrected chi connectivity index (χ1v) is 11.3. The van der Waals surface area contributed by atoms with Gasteiger partial charge >= 0.3 is 0 Å². The zero-order chi connectivity index (χ0) is 19.9. The van der Waals surface area contributed by atoms with Gasteiger partial charge in [-0.2, -0.15) is 0 Å². The molecular formula is C20H17ClN2O3S2. The molecule has 0 radical (unpaired) electrons. The summed E-state index contributed by atoms with van der Waals surface area (Å²) >= 11 is 7.50. The van der Waals surface area contributed by atoms with Crippen LogP contribution in [-0.2, 0) is 16.4 Å². The number of halogens is 1. The Morgan fingerprint density at radius 1 is 1.21 bits per heavy atom. The second-order valence-electron chi connectivity index (χ2n) is 6.51. The summed E-state index contributed by atoms with van der Waals surface area (Å²) in [4.78, 5) is 4.42. The Kier molecular flexibility index (Phi) is 4.91. The van der Waals surface area contributed by atoms with Crippen LogP contribution in [0.1, 0.15) is 18.5 Å². The number of aromatic nitrogens is 2. The lowest BCUT2D eigenvalue weighted by atomic mass is 10.2. The Balaban J connectivity index is 1.87. The maximum atomic E-state index is 13.5. The fourth-order valence-electron chi connectivity index (χ4n) is 3.25. The quantitative estimate of drug-likeness (QED) is 0.406. The number of allylic oxidation sites excluding steroid dienone is 1. The van der Waals surface area contributed by atoms with Gasteiger partial charge in [0.2, 0.25) is 0 Å². The summed E-state index contributed by atoms with van der Waals surface area (Å²) in [7, 11) is -3.82. The summed E-state index contributed by atoms with van der Waals surface area (Å²) in [6.45, 7) is 3.49. The summed E-state index contributed by atoms with van der Waals surface area (Å²) < 4.78 is 29.2. The third-order valence-corrected chi connectivity index (χ3v) is 7.32. The van der Waals surface area contributed by atoms with Gasteiger partial charge in [-0.3, -0.25) is 0 Å². The number of rotatable bonds is 6. The number of aliphatic hydroxyl groups is 1. The molecule has 2 aromatic heterocycles. The van der Waals surface area contributed by atoms with E-state index in [1.165, 1.54) is 15.3 Å². The van der Waals surface area contributed by atoms with Crippen molar-refractivity contribution in [3.63, 3.8) is 0 Å². The van der Waals surface area contributed by atoms with Gasteiger partial charge < -0.3 is 5.11 Å². The van der Waals surface area contributed by atoms with Gasteiger partial charge in [0.15, 0.2) is 0 Å². The zero-order valence-electron chi connectivity index (χ0n) is 14.8. The van der Waals surface area contributed by atoms with E-state index in [9.17, 15) is 13.5 Å². The molecule has 0 saturated carbocycles. The lowest BCUT2D eigenvalue weighted by molar-refractivity contribution is 0.386. The largest absolute Gasteiger partial charge is 0.513 e. The van der Waals surface area contributed by atoms with Gasteiger partial charge in [0.05, 0.1) is 31.9 Å². The van der Waals surface area contributed by atoms with Gasteiger partial charge in [-0.1, -0.05) is 18.2 Å². The van der Waals surface area contributed by atoms with E-state index in [1.54, 1.807) is 41.9 Å². The molecule has 0 atom stereocenters. The van der Waals surface area contributed by atoms with E-state index in [0.29, 0.717) is 35.5 Å². The second kappa shape index (κ2) is 7.24. The van der Waals surface area contributed by atoms with E-state index >= 15 is 0 Å². The van der Waals surface area contributed by atoms with E-state index in [0.717, 1.165) is 15.6 Å². The molecule has 2 heterocycles. The van der Waals surface area contributed by atoms with Gasteiger partial charge in [0.25, 0.3) is 10.0 Å². The number of hydrogen-bond donors (Lipinski definition) is 1. The molecule has 0 bridgehead atoms. The highest BCUT2D eigenvalue weighted by atomic mass is 35.5. The summed E-state index contributed by atoms with van der Waals surface area (Å²) in [5, 5.41) is 10.7. The molecule has 8 heteroatoms. The van der Waals surface area contributed by atoms with Crippen LogP contribution in [0.5, 0.6) is 0 Å². The Labute approximate surface area is 171 Å². The molecule has 0 saturated heterocycles. The number of aliphatic hydroxyl groups excluding tert-OH is 1. The Hall–Kier alpha value is -2.35. The minimum atomic E-state index is -3.82. The van der Waals surface area contributed by atoms with Crippen molar-refractivity contribution >= 4 is 54.1 Å². The first kappa shape index (κ1) is 19.0. The zero-order valence-corrected chi connectivity index (χ0v) is 17.2. The van der Waals surface area contributed by atoms with E-state index < -0.39 is 10.0 Å². The smallest absolute Gasteiger partial charge is 0.268 e. The van der Waals surface area contributed by atoms with Crippen LogP contribution in [0.2, 0.25) is 5.02 Å². The van der Waals surface area contributed by atoms with Crippen LogP contribution >= 0.6 is 22.9 Å². The molecule has 1 N–H and O–H groups in total. The van der Waals surface area contributed by atoms with E-state index in [-0.39, 0.29) is 10.7 Å². The van der Waals surface area contributed by atoms with Crippen LogP contribution < -0.4 is 0 Å². The fraction of sp³-hybridized carbons (Fsp3) is 0.150. The SMILES string of the molecule is C=C(O)CCCc1cc2cc(Cl)ccc2n1S(=O)(=O)c1ccc2ncsc2c1. The highest BCUT2D eigenvalue weighted by molar-refractivity contribution is 7.90. The maximum Gasteiger partial charge on any atom is 0.268 e. The van der Waals surface area contributed by atoms with Crippen LogP contribution in [0.4, 0.5) is 0 Å². The van der Waals surface area contributed by atoms with Crippen molar-refractivity contribution in [3.8, 4) is 0 Å². The van der Waals surface area contributed by atoms with E-state index in [1.807, 2.05) is 6.07 Å². The molecule has 0 spiro atoms. The van der Waals surface area contributed by atoms with Gasteiger partial charge in [-0.15, -0.1) is 11.3 Å². The Bertz CT molecular complexity index is 1310. The van der Waals surface area contributed by atoms with Crippen LogP contribution in [0.25, 0.3) is 21.1 Å². The third-order valence-electron chi connectivity index (χ3n) is 4.53. The number of aryl methyl sites for hydroxylation is 1. The predicted octanol–water partition coefficient (Wildman–Crippen LogP) is 5.54. The third kappa shape index (κ3) is 3.41. The van der Waals surface area contributed by atoms with Crippen molar-refractivity contribution in [3.05, 3.63) is 71.0 Å². The number of thiazole rings is 1. The molecule has 5 nitrogen and oxygen atoms in total. The van der Waals surface area contributed by atoms with Crippen molar-refractivity contribution in [2.75, 3.05) is 0 Å². The highest BCUT2D eigenvalue weighted by Crippen LogP contribution is 2.30. The minimum absolute atomic E-state index is 0.0872. The molecule has 0 unspecified atom stereocenters. The molecule has 4 rings (SSSR count). The Morgan fingerprint density at radius 2 is 2.04 bits per heavy atom. The second-order valence-corrected chi connectivity index (χ2v) is 9.62. The monoisotopic (exact) mass is 432 g/mol. The molecule has 2 aromatic carbocycles. The van der Waals surface area contributed by atoms with Crippen LogP contribution in [-0.4, -0.2) is 22.5 Å². The molecular weight excluding hydrogens is 416 g/mol. The molecule has 0 amide bonds. The van der Waals surface area contributed by atoms with Crippen LogP contribution in [0.15, 0.2) is 65.2 Å². The van der Waals surface area contributed by atoms with E-state index in [4.69, 9.17) is 11.6 Å². The highest BCUT2D eigenvalue weighted by Gasteiger charge is 2.23. The van der Waals surface area contributed by atoms with Gasteiger partial charge in [0.1, 0.15) is 0 Å². The Morgan fingerprint density at radius 3 is 2.82 bits per heavy atom. The number of hydrogen-bond acceptors (Lipinski definition) is 5. The normalized spacial score (nSPS) is 12.0. The molecule has 144 valence electrons. The summed E-state index contributed by atoms with van der Waals surface area (Å²) in [5.41, 5.74) is 3.69. The van der Waals surface area contributed by atoms with Gasteiger partial charge in [-0.05, 0) is 55.3 Å². The number of nitrogens with zero attached hydrogens (tertiary/aromatic N) is 2. The standard InChI is InChI=1S/C20H17ClN2O3S2/c1-13(24)3-2-4-16-10-14-9-15(21)5-8-19(14)23(16)28(25,26)17-6-7-18-20(11-17)27-12-22-18/h5-12,24H,1-4H2. The van der Waals surface area contributed by atoms with Crippen molar-refractivity contribution in [1.82, 2.24) is 8.96 Å². The van der Waals surface area contributed by atoms with Gasteiger partial charge in [0, 0.05) is 22.5 Å². The van der Waals surface area contributed by atoms with Gasteiger partial charge in [-0.25, -0.2) is 17.4 Å². The molecule has 0 aliphatic heterocycles. The minimum Gasteiger partial charge on any atom is -0.513 e. The van der Waals surface area contributed by atoms with Crippen molar-refractivity contribution < 1.29 is 13.5 Å². The first-order chi connectivity index (χ1) is 13.4. The van der Waals surface area contributed by atoms with Crippen molar-refractivity contribution in [2.45, 2.75) is 24.2 Å².